The number of methoxy groups -OCH3 is 1. The van der Waals surface area contributed by atoms with Crippen molar-refractivity contribution in [2.24, 2.45) is 11.8 Å². The lowest BCUT2D eigenvalue weighted by molar-refractivity contribution is -0.0559. The number of anilines is 1. The van der Waals surface area contributed by atoms with Crippen LogP contribution in [0.15, 0.2) is 18.2 Å². The van der Waals surface area contributed by atoms with Crippen LogP contribution in [0.2, 0.25) is 0 Å². The van der Waals surface area contributed by atoms with Gasteiger partial charge >= 0.3 is 6.03 Å². The van der Waals surface area contributed by atoms with Crippen LogP contribution in [0, 0.1) is 17.7 Å². The van der Waals surface area contributed by atoms with Gasteiger partial charge in [-0.25, -0.2) is 9.18 Å². The molecule has 1 heterocycles. The normalized spacial score (nSPS) is 21.7. The van der Waals surface area contributed by atoms with Gasteiger partial charge in [-0.3, -0.25) is 0 Å². The Morgan fingerprint density at radius 3 is 2.75 bits per heavy atom. The molecule has 0 spiro atoms. The van der Waals surface area contributed by atoms with Crippen molar-refractivity contribution in [1.29, 1.82) is 0 Å². The zero-order valence-corrected chi connectivity index (χ0v) is 22.2. The van der Waals surface area contributed by atoms with E-state index in [1.807, 2.05) is 11.9 Å². The second-order valence-corrected chi connectivity index (χ2v) is 10.8. The quantitative estimate of drug-likeness (QED) is 0.249. The number of likely N-dealkylation sites (N-methyl/N-ethyl adjacent to an activating group) is 1. The van der Waals surface area contributed by atoms with E-state index < -0.39 is 11.4 Å². The molecule has 1 aromatic carbocycles. The number of nitrogens with one attached hydrogen (secondary N) is 2. The summed E-state index contributed by atoms with van der Waals surface area (Å²) in [7, 11) is 3.58. The first-order valence-electron chi connectivity index (χ1n) is 13.8. The molecule has 2 aliphatic rings. The van der Waals surface area contributed by atoms with Gasteiger partial charge in [0.2, 0.25) is 0 Å². The van der Waals surface area contributed by atoms with Gasteiger partial charge in [0.25, 0.3) is 0 Å². The zero-order valence-electron chi connectivity index (χ0n) is 22.2. The molecule has 204 valence electrons. The molecule has 1 aliphatic heterocycles. The first-order chi connectivity index (χ1) is 17.4. The van der Waals surface area contributed by atoms with Crippen LogP contribution in [-0.4, -0.2) is 62.5 Å². The Morgan fingerprint density at radius 2 is 2.03 bits per heavy atom. The predicted octanol–water partition coefficient (Wildman–Crippen LogP) is 4.39. The summed E-state index contributed by atoms with van der Waals surface area (Å²) in [5.74, 6) is 0.0157. The summed E-state index contributed by atoms with van der Waals surface area (Å²) in [5, 5.41) is 18.5. The number of hydrogen-bond donors (Lipinski definition) is 4. The zero-order chi connectivity index (χ0) is 26.0. The third kappa shape index (κ3) is 7.80. The summed E-state index contributed by atoms with van der Waals surface area (Å²) < 4.78 is 19.4. The monoisotopic (exact) mass is 506 g/mol. The van der Waals surface area contributed by atoms with Gasteiger partial charge in [0.05, 0.1) is 5.60 Å². The van der Waals surface area contributed by atoms with Crippen LogP contribution in [0.25, 0.3) is 0 Å². The first-order valence-corrected chi connectivity index (χ1v) is 13.8. The molecule has 1 saturated heterocycles. The van der Waals surface area contributed by atoms with E-state index in [1.165, 1.54) is 50.3 Å². The average Bonchev–Trinajstić information content (AvgIpc) is 2.88. The van der Waals surface area contributed by atoms with E-state index in [0.717, 1.165) is 32.2 Å². The molecule has 0 unspecified atom stereocenters. The third-order valence-electron chi connectivity index (χ3n) is 8.14. The highest BCUT2D eigenvalue weighted by molar-refractivity contribution is 5.74. The molecule has 3 atom stereocenters. The molecule has 1 aliphatic carbocycles. The first kappa shape index (κ1) is 28.7. The maximum Gasteiger partial charge on any atom is 0.317 e. The van der Waals surface area contributed by atoms with Gasteiger partial charge in [-0.05, 0) is 69.7 Å². The number of hydrogen-bond acceptors (Lipinski definition) is 5. The van der Waals surface area contributed by atoms with Crippen molar-refractivity contribution in [1.82, 2.24) is 15.5 Å². The number of unbranched alkanes of at least 4 members (excludes halogenated alkanes) is 1. The molecule has 0 bridgehead atoms. The van der Waals surface area contributed by atoms with Gasteiger partial charge in [-0.1, -0.05) is 32.1 Å². The van der Waals surface area contributed by atoms with E-state index >= 15 is 0 Å². The minimum Gasteiger partial charge on any atom is -0.398 e. The fourth-order valence-corrected chi connectivity index (χ4v) is 6.19. The maximum absolute atomic E-state index is 14.2. The highest BCUT2D eigenvalue weighted by atomic mass is 19.1. The molecule has 0 aromatic heterocycles. The van der Waals surface area contributed by atoms with E-state index in [2.05, 4.69) is 10.6 Å². The van der Waals surface area contributed by atoms with Gasteiger partial charge in [0, 0.05) is 56.6 Å². The summed E-state index contributed by atoms with van der Waals surface area (Å²) in [6.07, 6.45) is 10.8. The number of carbonyl (C=O) groups excluding carboxylic acids is 1. The van der Waals surface area contributed by atoms with Crippen LogP contribution >= 0.6 is 0 Å². The number of likely N-dealkylation sites (tertiary alicyclic amines) is 1. The molecule has 8 heteroatoms. The van der Waals surface area contributed by atoms with Gasteiger partial charge in [-0.2, -0.15) is 0 Å². The average molecular weight is 507 g/mol. The molecule has 2 amide bonds. The standard InChI is InChI=1S/C28H47FN4O3/c1-31-19-24(17-21-9-4-3-5-10-21)32-27(34)33-15-8-11-22(20-33)28(35,14-6-7-16-36-2)25-18-23(29)12-13-26(25)30/h12-13,18,21-22,24,31,35H,3-11,14-17,19-20,30H2,1-2H3,(H,32,34)/t22-,24+,28+/m1/s1. The second-order valence-electron chi connectivity index (χ2n) is 10.8. The molecular formula is C28H47FN4O3. The minimum absolute atomic E-state index is 0.0790. The maximum atomic E-state index is 14.2. The Bertz CT molecular complexity index is 820. The largest absolute Gasteiger partial charge is 0.398 e. The van der Waals surface area contributed by atoms with E-state index in [4.69, 9.17) is 10.5 Å². The van der Waals surface area contributed by atoms with E-state index in [9.17, 15) is 14.3 Å². The number of amides is 2. The van der Waals surface area contributed by atoms with Gasteiger partial charge < -0.3 is 31.1 Å². The lowest BCUT2D eigenvalue weighted by atomic mass is 9.73. The van der Waals surface area contributed by atoms with Crippen molar-refractivity contribution in [3.8, 4) is 0 Å². The lowest BCUT2D eigenvalue weighted by Gasteiger charge is -2.43. The van der Waals surface area contributed by atoms with E-state index in [1.54, 1.807) is 7.11 Å². The van der Waals surface area contributed by atoms with E-state index in [0.29, 0.717) is 49.7 Å². The number of aliphatic hydroxyl groups is 1. The van der Waals surface area contributed by atoms with Crippen LogP contribution in [0.1, 0.15) is 76.2 Å². The number of nitrogen functional groups attached to an aromatic ring is 1. The predicted molar refractivity (Wildman–Crippen MR) is 142 cm³/mol. The van der Waals surface area contributed by atoms with Crippen LogP contribution < -0.4 is 16.4 Å². The van der Waals surface area contributed by atoms with Gasteiger partial charge in [0.1, 0.15) is 5.82 Å². The fourth-order valence-electron chi connectivity index (χ4n) is 6.19. The second kappa shape index (κ2) is 14.1. The Balaban J connectivity index is 1.72. The SMILES string of the molecule is CNC[C@H](CC1CCCCC1)NC(=O)N1CCC[C@@H]([C@@](O)(CCCCOC)c2cc(F)ccc2N)C1. The number of nitrogens with zero attached hydrogens (tertiary/aromatic N) is 1. The Labute approximate surface area is 216 Å². The van der Waals surface area contributed by atoms with E-state index in [-0.39, 0.29) is 18.0 Å². The Hall–Kier alpha value is -1.90. The molecule has 0 radical (unpaired) electrons. The minimum atomic E-state index is -1.31. The molecule has 7 nitrogen and oxygen atoms in total. The number of carbonyl (C=O) groups is 1. The number of rotatable bonds is 12. The molecule has 36 heavy (non-hydrogen) atoms. The van der Waals surface area contributed by atoms with Gasteiger partial charge in [-0.15, -0.1) is 0 Å². The molecule has 2 fully saturated rings. The topological polar surface area (TPSA) is 99.8 Å². The van der Waals surface area contributed by atoms with Crippen molar-refractivity contribution >= 4 is 11.7 Å². The highest BCUT2D eigenvalue weighted by Gasteiger charge is 2.42. The van der Waals surface area contributed by atoms with Crippen LogP contribution in [0.3, 0.4) is 0 Å². The number of ether oxygens (including phenoxy) is 1. The number of benzene rings is 1. The fraction of sp³-hybridized carbons (Fsp3) is 0.750. The summed E-state index contributed by atoms with van der Waals surface area (Å²) >= 11 is 0. The summed E-state index contributed by atoms with van der Waals surface area (Å²) in [4.78, 5) is 15.2. The molecule has 1 aromatic rings. The van der Waals surface area contributed by atoms with Crippen LogP contribution in [0.5, 0.6) is 0 Å². The van der Waals surface area contributed by atoms with Crippen molar-refractivity contribution in [2.45, 2.75) is 82.3 Å². The third-order valence-corrected chi connectivity index (χ3v) is 8.14. The van der Waals surface area contributed by atoms with Gasteiger partial charge in [0.15, 0.2) is 0 Å². The summed E-state index contributed by atoms with van der Waals surface area (Å²) in [6, 6.07) is 4.20. The number of nitrogens with two attached hydrogens (primary N) is 1. The number of piperidine rings is 1. The smallest absolute Gasteiger partial charge is 0.317 e. The van der Waals surface area contributed by atoms with Crippen molar-refractivity contribution in [3.63, 3.8) is 0 Å². The molecule has 1 saturated carbocycles. The van der Waals surface area contributed by atoms with Crippen molar-refractivity contribution in [3.05, 3.63) is 29.6 Å². The van der Waals surface area contributed by atoms with Crippen LogP contribution in [-0.2, 0) is 10.3 Å². The number of halogens is 1. The van der Waals surface area contributed by atoms with Crippen LogP contribution in [0.4, 0.5) is 14.9 Å². The summed E-state index contributed by atoms with van der Waals surface area (Å²) in [6.45, 7) is 2.40. The van der Waals surface area contributed by atoms with Crippen molar-refractivity contribution < 1.29 is 19.0 Å². The molecular weight excluding hydrogens is 459 g/mol. The van der Waals surface area contributed by atoms with Crippen molar-refractivity contribution in [2.75, 3.05) is 46.1 Å². The highest BCUT2D eigenvalue weighted by Crippen LogP contribution is 2.42. The summed E-state index contributed by atoms with van der Waals surface area (Å²) in [5.41, 5.74) is 5.74. The number of urea groups is 1. The Morgan fingerprint density at radius 1 is 1.25 bits per heavy atom. The molecule has 3 rings (SSSR count). The Kier molecular flexibility index (Phi) is 11.3. The molecule has 5 N–H and O–H groups in total. The lowest BCUT2D eigenvalue weighted by Crippen LogP contribution is -2.54.